The van der Waals surface area contributed by atoms with E-state index in [-0.39, 0.29) is 35.2 Å². The number of imide groups is 1. The molecule has 3 aromatic rings. The summed E-state index contributed by atoms with van der Waals surface area (Å²) in [6.45, 7) is 5.39. The minimum Gasteiger partial charge on any atom is -0.381 e. The van der Waals surface area contributed by atoms with Gasteiger partial charge in [-0.2, -0.15) is 0 Å². The third kappa shape index (κ3) is 7.15. The Morgan fingerprint density at radius 2 is 1.44 bits per heavy atom. The second-order valence-electron chi connectivity index (χ2n) is 15.6. The molecule has 9 heteroatoms. The predicted octanol–water partition coefficient (Wildman–Crippen LogP) is 5.69. The second kappa shape index (κ2) is 14.2. The molecule has 7 rings (SSSR count). The number of rotatable bonds is 6. The zero-order valence-electron chi connectivity index (χ0n) is 29.7. The number of pyridine rings is 1. The van der Waals surface area contributed by atoms with Gasteiger partial charge in [0.2, 0.25) is 11.8 Å². The number of piperidine rings is 3. The minimum atomic E-state index is -0.235. The smallest absolute Gasteiger partial charge is 0.255 e. The summed E-state index contributed by atoms with van der Waals surface area (Å²) in [7, 11) is 3.93. The lowest BCUT2D eigenvalue weighted by atomic mass is 9.64. The molecule has 4 fully saturated rings. The van der Waals surface area contributed by atoms with Crippen molar-refractivity contribution in [1.82, 2.24) is 19.7 Å². The summed E-state index contributed by atoms with van der Waals surface area (Å²) in [4.78, 5) is 54.3. The molecule has 50 heavy (non-hydrogen) atoms. The highest BCUT2D eigenvalue weighted by Gasteiger charge is 2.39. The molecular formula is C41H51N5O4. The lowest BCUT2D eigenvalue weighted by Gasteiger charge is -2.46. The number of carbonyl (C=O) groups excluding carboxylic acids is 3. The maximum absolute atomic E-state index is 13.6. The Morgan fingerprint density at radius 1 is 0.800 bits per heavy atom. The number of carbonyl (C=O) groups is 3. The summed E-state index contributed by atoms with van der Waals surface area (Å²) in [6.07, 6.45) is 10.6. The van der Waals surface area contributed by atoms with Crippen LogP contribution in [0, 0.1) is 12.3 Å². The maximum atomic E-state index is 13.6. The summed E-state index contributed by atoms with van der Waals surface area (Å²) < 4.78 is 1.61. The van der Waals surface area contributed by atoms with Gasteiger partial charge in [-0.05, 0) is 117 Å². The zero-order chi connectivity index (χ0) is 35.0. The number of nitrogens with one attached hydrogen (secondary N) is 2. The van der Waals surface area contributed by atoms with Crippen LogP contribution in [0.15, 0.2) is 65.6 Å². The highest BCUT2D eigenvalue weighted by Crippen LogP contribution is 2.49. The van der Waals surface area contributed by atoms with Crippen LogP contribution in [0.4, 0.5) is 5.69 Å². The van der Waals surface area contributed by atoms with E-state index in [4.69, 9.17) is 0 Å². The highest BCUT2D eigenvalue weighted by molar-refractivity contribution is 6.01. The van der Waals surface area contributed by atoms with Gasteiger partial charge in [0.15, 0.2) is 0 Å². The van der Waals surface area contributed by atoms with Crippen molar-refractivity contribution in [1.29, 1.82) is 0 Å². The Bertz CT molecular complexity index is 1780. The van der Waals surface area contributed by atoms with Crippen molar-refractivity contribution >= 4 is 23.4 Å². The Labute approximate surface area is 295 Å². The number of aromatic nitrogens is 1. The van der Waals surface area contributed by atoms with E-state index in [0.717, 1.165) is 80.7 Å². The Hall–Kier alpha value is -4.24. The van der Waals surface area contributed by atoms with Crippen LogP contribution in [0.5, 0.6) is 0 Å². The van der Waals surface area contributed by atoms with Crippen LogP contribution in [0.1, 0.15) is 108 Å². The Balaban J connectivity index is 0.901. The molecule has 1 unspecified atom stereocenters. The fourth-order valence-electron chi connectivity index (χ4n) is 9.14. The standard InChI is InChI=1S/C41H51N5O4/c1-27-36(16-21-45(3)39(27)49)42-34-24-33(25-44(2)26-34)29-6-10-32(11-7-29)40(50)46-22-19-41(20-23-46)17-14-30(15-18-41)28-4-8-31(9-5-28)35-12-13-37(47)43-38(35)48/h4-11,16,21,30,33-35,42H,12-15,17-20,22-26H2,1-3H3,(H,43,47,48)/t33-,34+,35?/m0/s1. The molecule has 1 aromatic heterocycles. The average Bonchev–Trinajstić information content (AvgIpc) is 3.12. The lowest BCUT2D eigenvalue weighted by Crippen LogP contribution is -2.44. The Kier molecular flexibility index (Phi) is 9.70. The molecular weight excluding hydrogens is 626 g/mol. The fraction of sp³-hybridized carbons (Fsp3) is 0.512. The predicted molar refractivity (Wildman–Crippen MR) is 195 cm³/mol. The van der Waals surface area contributed by atoms with Gasteiger partial charge >= 0.3 is 0 Å². The first-order valence-corrected chi connectivity index (χ1v) is 18.5. The lowest BCUT2D eigenvalue weighted by molar-refractivity contribution is -0.134. The molecule has 1 saturated carbocycles. The normalized spacial score (nSPS) is 24.6. The fourth-order valence-corrected chi connectivity index (χ4v) is 9.14. The summed E-state index contributed by atoms with van der Waals surface area (Å²) in [5.41, 5.74) is 6.36. The molecule has 3 aliphatic heterocycles. The van der Waals surface area contributed by atoms with Crippen LogP contribution in [-0.2, 0) is 16.6 Å². The van der Waals surface area contributed by atoms with Gasteiger partial charge in [0, 0.05) is 68.7 Å². The molecule has 2 aromatic carbocycles. The maximum Gasteiger partial charge on any atom is 0.255 e. The number of anilines is 1. The van der Waals surface area contributed by atoms with Gasteiger partial charge in [-0.1, -0.05) is 36.4 Å². The van der Waals surface area contributed by atoms with Crippen molar-refractivity contribution in [2.75, 3.05) is 38.5 Å². The van der Waals surface area contributed by atoms with Crippen LogP contribution in [-0.4, -0.2) is 71.4 Å². The number of amides is 3. The van der Waals surface area contributed by atoms with E-state index in [1.165, 1.54) is 24.0 Å². The van der Waals surface area contributed by atoms with Crippen molar-refractivity contribution in [3.05, 3.63) is 99.0 Å². The van der Waals surface area contributed by atoms with Crippen LogP contribution in [0.25, 0.3) is 0 Å². The second-order valence-corrected chi connectivity index (χ2v) is 15.6. The molecule has 3 amide bonds. The Morgan fingerprint density at radius 3 is 2.12 bits per heavy atom. The molecule has 3 saturated heterocycles. The van der Waals surface area contributed by atoms with E-state index < -0.39 is 0 Å². The van der Waals surface area contributed by atoms with E-state index >= 15 is 0 Å². The molecule has 3 atom stereocenters. The van der Waals surface area contributed by atoms with E-state index in [0.29, 0.717) is 30.1 Å². The van der Waals surface area contributed by atoms with E-state index in [1.54, 1.807) is 11.6 Å². The SMILES string of the molecule is Cc1c(N[C@@H]2C[C@H](c3ccc(C(=O)N4CCC5(CCC(c6ccc(C7CCC(=O)NC7=O)cc6)CC5)CC4)cc3)CN(C)C2)ccn(C)c1=O. The van der Waals surface area contributed by atoms with E-state index in [2.05, 4.69) is 63.9 Å². The average molecular weight is 678 g/mol. The van der Waals surface area contributed by atoms with E-state index in [1.807, 2.05) is 31.3 Å². The van der Waals surface area contributed by atoms with Gasteiger partial charge in [0.1, 0.15) is 0 Å². The third-order valence-electron chi connectivity index (χ3n) is 12.3. The minimum absolute atomic E-state index is 0.0277. The molecule has 2 N–H and O–H groups in total. The monoisotopic (exact) mass is 677 g/mol. The number of likely N-dealkylation sites (tertiary alicyclic amines) is 2. The van der Waals surface area contributed by atoms with Gasteiger partial charge in [-0.15, -0.1) is 0 Å². The first-order valence-electron chi connectivity index (χ1n) is 18.5. The topological polar surface area (TPSA) is 104 Å². The molecule has 1 spiro atoms. The van der Waals surface area contributed by atoms with Crippen LogP contribution in [0.3, 0.4) is 0 Å². The summed E-state index contributed by atoms with van der Waals surface area (Å²) in [5.74, 6) is 0.417. The molecule has 1 aliphatic carbocycles. The number of hydrogen-bond acceptors (Lipinski definition) is 6. The largest absolute Gasteiger partial charge is 0.381 e. The van der Waals surface area contributed by atoms with Crippen LogP contribution >= 0.6 is 0 Å². The number of nitrogens with zero attached hydrogens (tertiary/aromatic N) is 3. The molecule has 4 heterocycles. The van der Waals surface area contributed by atoms with Gasteiger partial charge in [-0.3, -0.25) is 24.5 Å². The number of benzene rings is 2. The molecule has 4 aliphatic rings. The van der Waals surface area contributed by atoms with Crippen LogP contribution in [0.2, 0.25) is 0 Å². The highest BCUT2D eigenvalue weighted by atomic mass is 16.2. The summed E-state index contributed by atoms with van der Waals surface area (Å²) in [5, 5.41) is 6.11. The van der Waals surface area contributed by atoms with Crippen molar-refractivity contribution < 1.29 is 14.4 Å². The van der Waals surface area contributed by atoms with Gasteiger partial charge in [0.05, 0.1) is 5.92 Å². The molecule has 0 radical (unpaired) electrons. The van der Waals surface area contributed by atoms with Crippen LogP contribution < -0.4 is 16.2 Å². The third-order valence-corrected chi connectivity index (χ3v) is 12.3. The van der Waals surface area contributed by atoms with Crippen molar-refractivity contribution in [3.63, 3.8) is 0 Å². The summed E-state index contributed by atoms with van der Waals surface area (Å²) >= 11 is 0. The number of aryl methyl sites for hydroxylation is 1. The molecule has 9 nitrogen and oxygen atoms in total. The molecule has 264 valence electrons. The van der Waals surface area contributed by atoms with E-state index in [9.17, 15) is 19.2 Å². The van der Waals surface area contributed by atoms with Crippen molar-refractivity contribution in [3.8, 4) is 0 Å². The quantitative estimate of drug-likeness (QED) is 0.325. The van der Waals surface area contributed by atoms with Crippen molar-refractivity contribution in [2.24, 2.45) is 12.5 Å². The first-order chi connectivity index (χ1) is 24.1. The van der Waals surface area contributed by atoms with Gasteiger partial charge < -0.3 is 19.7 Å². The number of likely N-dealkylation sites (N-methyl/N-ethyl adjacent to an activating group) is 1. The number of hydrogen-bond donors (Lipinski definition) is 2. The van der Waals surface area contributed by atoms with Gasteiger partial charge in [-0.25, -0.2) is 0 Å². The molecule has 0 bridgehead atoms. The van der Waals surface area contributed by atoms with Crippen molar-refractivity contribution in [2.45, 2.75) is 88.5 Å². The van der Waals surface area contributed by atoms with Gasteiger partial charge in [0.25, 0.3) is 11.5 Å². The first kappa shape index (κ1) is 34.2. The summed E-state index contributed by atoms with van der Waals surface area (Å²) in [6, 6.07) is 19.1. The zero-order valence-corrected chi connectivity index (χ0v) is 29.7.